The zero-order chi connectivity index (χ0) is 11.1. The zero-order valence-corrected chi connectivity index (χ0v) is 10.6. The molecule has 0 spiro atoms. The number of aliphatic hydroxyl groups is 1. The third kappa shape index (κ3) is 4.72. The number of unbranched alkanes of at least 4 members (excludes halogenated alkanes) is 1. The Morgan fingerprint density at radius 3 is 3.00 bits per heavy atom. The Hall–Kier alpha value is 0.230. The van der Waals surface area contributed by atoms with Gasteiger partial charge in [0.05, 0.1) is 12.7 Å². The first-order chi connectivity index (χ1) is 7.27. The molecule has 2 atom stereocenters. The first-order valence-electron chi connectivity index (χ1n) is 5.85. The summed E-state index contributed by atoms with van der Waals surface area (Å²) in [5.41, 5.74) is 0. The van der Waals surface area contributed by atoms with Gasteiger partial charge >= 0.3 is 0 Å². The van der Waals surface area contributed by atoms with E-state index in [1.807, 2.05) is 6.26 Å². The van der Waals surface area contributed by atoms with Crippen molar-refractivity contribution in [1.82, 2.24) is 4.90 Å². The van der Waals surface area contributed by atoms with Crippen molar-refractivity contribution in [3.8, 4) is 0 Å². The number of hydrogen-bond donors (Lipinski definition) is 1. The van der Waals surface area contributed by atoms with Crippen LogP contribution in [-0.2, 0) is 4.18 Å². The molecule has 0 bridgehead atoms. The number of rotatable bonds is 6. The molecule has 0 aromatic carbocycles. The summed E-state index contributed by atoms with van der Waals surface area (Å²) in [6, 6.07) is 0.410. The van der Waals surface area contributed by atoms with Gasteiger partial charge in [-0.05, 0) is 37.8 Å². The molecule has 0 amide bonds. The summed E-state index contributed by atoms with van der Waals surface area (Å²) >= 11 is 1.41. The molecule has 1 N–H and O–H groups in total. The fourth-order valence-corrected chi connectivity index (χ4v) is 2.35. The molecular formula is C11H23NO2S. The maximum absolute atomic E-state index is 9.63. The summed E-state index contributed by atoms with van der Waals surface area (Å²) in [7, 11) is 0. The summed E-state index contributed by atoms with van der Waals surface area (Å²) in [4.78, 5) is 2.46. The molecular weight excluding hydrogens is 210 g/mol. The second-order valence-electron chi connectivity index (χ2n) is 4.17. The summed E-state index contributed by atoms with van der Waals surface area (Å²) in [6.07, 6.45) is 6.07. The van der Waals surface area contributed by atoms with Crippen molar-refractivity contribution >= 4 is 12.0 Å². The highest BCUT2D eigenvalue weighted by Crippen LogP contribution is 2.19. The maximum atomic E-state index is 9.63. The summed E-state index contributed by atoms with van der Waals surface area (Å²) in [5.74, 6) is 0. The molecule has 2 unspecified atom stereocenters. The van der Waals surface area contributed by atoms with E-state index in [1.165, 1.54) is 24.9 Å². The van der Waals surface area contributed by atoms with E-state index in [0.717, 1.165) is 32.5 Å². The molecule has 1 aliphatic rings. The molecule has 4 heteroatoms. The van der Waals surface area contributed by atoms with E-state index in [9.17, 15) is 5.11 Å². The molecule has 1 rings (SSSR count). The van der Waals surface area contributed by atoms with E-state index in [4.69, 9.17) is 4.18 Å². The number of piperidine rings is 1. The lowest BCUT2D eigenvalue weighted by Crippen LogP contribution is -2.46. The number of aliphatic hydroxyl groups excluding tert-OH is 1. The number of likely N-dealkylation sites (tertiary alicyclic amines) is 1. The van der Waals surface area contributed by atoms with Crippen molar-refractivity contribution in [3.63, 3.8) is 0 Å². The van der Waals surface area contributed by atoms with Crippen molar-refractivity contribution in [2.24, 2.45) is 0 Å². The largest absolute Gasteiger partial charge is 0.393 e. The van der Waals surface area contributed by atoms with Crippen LogP contribution in [0.25, 0.3) is 0 Å². The Bertz CT molecular complexity index is 167. The van der Waals surface area contributed by atoms with Gasteiger partial charge in [-0.15, -0.1) is 0 Å². The average molecular weight is 233 g/mol. The molecule has 3 nitrogen and oxygen atoms in total. The SMILES string of the molecule is CCCCN1CCC(O)CC1COSC. The molecule has 0 aromatic rings. The van der Waals surface area contributed by atoms with Crippen LogP contribution in [0.1, 0.15) is 32.6 Å². The normalized spacial score (nSPS) is 28.2. The fourth-order valence-electron chi connectivity index (χ4n) is 2.05. The predicted molar refractivity (Wildman–Crippen MR) is 65.0 cm³/mol. The predicted octanol–water partition coefficient (Wildman–Crippen LogP) is 1.91. The standard InChI is InChI=1S/C11H23NO2S/c1-3-4-6-12-7-5-11(13)8-10(12)9-14-15-2/h10-11,13H,3-9H2,1-2H3. The van der Waals surface area contributed by atoms with Crippen LogP contribution in [-0.4, -0.2) is 48.1 Å². The summed E-state index contributed by atoms with van der Waals surface area (Å²) in [6.45, 7) is 5.11. The van der Waals surface area contributed by atoms with Gasteiger partial charge in [-0.25, -0.2) is 0 Å². The summed E-state index contributed by atoms with van der Waals surface area (Å²) in [5, 5.41) is 9.63. The van der Waals surface area contributed by atoms with Crippen LogP contribution in [0.15, 0.2) is 0 Å². The molecule has 1 fully saturated rings. The minimum absolute atomic E-state index is 0.127. The monoisotopic (exact) mass is 233 g/mol. The molecule has 0 saturated carbocycles. The second-order valence-corrected chi connectivity index (χ2v) is 4.74. The topological polar surface area (TPSA) is 32.7 Å². The second kappa shape index (κ2) is 7.49. The number of nitrogens with zero attached hydrogens (tertiary/aromatic N) is 1. The Morgan fingerprint density at radius 2 is 2.33 bits per heavy atom. The Balaban J connectivity index is 2.35. The van der Waals surface area contributed by atoms with Gasteiger partial charge in [0.25, 0.3) is 0 Å². The quantitative estimate of drug-likeness (QED) is 0.710. The van der Waals surface area contributed by atoms with E-state index < -0.39 is 0 Å². The Morgan fingerprint density at radius 1 is 1.53 bits per heavy atom. The molecule has 90 valence electrons. The third-order valence-corrected chi connectivity index (χ3v) is 3.36. The lowest BCUT2D eigenvalue weighted by atomic mass is 10.00. The minimum atomic E-state index is -0.127. The first kappa shape index (κ1) is 13.3. The highest BCUT2D eigenvalue weighted by molar-refractivity contribution is 7.93. The molecule has 0 aliphatic carbocycles. The van der Waals surface area contributed by atoms with E-state index in [1.54, 1.807) is 0 Å². The Kier molecular flexibility index (Phi) is 6.64. The number of hydrogen-bond acceptors (Lipinski definition) is 4. The molecule has 1 aliphatic heterocycles. The van der Waals surface area contributed by atoms with Crippen LogP contribution in [0.3, 0.4) is 0 Å². The van der Waals surface area contributed by atoms with Crippen LogP contribution in [0, 0.1) is 0 Å². The van der Waals surface area contributed by atoms with Gasteiger partial charge in [-0.1, -0.05) is 13.3 Å². The van der Waals surface area contributed by atoms with Gasteiger partial charge in [0.2, 0.25) is 0 Å². The van der Waals surface area contributed by atoms with E-state index >= 15 is 0 Å². The van der Waals surface area contributed by atoms with E-state index in [-0.39, 0.29) is 6.10 Å². The molecule has 0 aromatic heterocycles. The van der Waals surface area contributed by atoms with Gasteiger partial charge in [0.1, 0.15) is 0 Å². The highest BCUT2D eigenvalue weighted by Gasteiger charge is 2.26. The lowest BCUT2D eigenvalue weighted by Gasteiger charge is -2.37. The molecule has 0 radical (unpaired) electrons. The van der Waals surface area contributed by atoms with Crippen molar-refractivity contribution in [1.29, 1.82) is 0 Å². The summed E-state index contributed by atoms with van der Waals surface area (Å²) < 4.78 is 5.40. The van der Waals surface area contributed by atoms with Crippen molar-refractivity contribution in [2.75, 3.05) is 26.0 Å². The van der Waals surface area contributed by atoms with Crippen LogP contribution in [0.4, 0.5) is 0 Å². The van der Waals surface area contributed by atoms with Crippen LogP contribution >= 0.6 is 12.0 Å². The van der Waals surface area contributed by atoms with E-state index in [0.29, 0.717) is 6.04 Å². The van der Waals surface area contributed by atoms with Crippen LogP contribution in [0.5, 0.6) is 0 Å². The Labute approximate surface area is 97.4 Å². The van der Waals surface area contributed by atoms with Gasteiger partial charge < -0.3 is 9.29 Å². The van der Waals surface area contributed by atoms with Crippen molar-refractivity contribution in [3.05, 3.63) is 0 Å². The van der Waals surface area contributed by atoms with Crippen molar-refractivity contribution < 1.29 is 9.29 Å². The lowest BCUT2D eigenvalue weighted by molar-refractivity contribution is 0.0245. The average Bonchev–Trinajstić information content (AvgIpc) is 2.25. The van der Waals surface area contributed by atoms with Crippen molar-refractivity contribution in [2.45, 2.75) is 44.8 Å². The molecule has 1 saturated heterocycles. The first-order valence-corrected chi connectivity index (χ1v) is 7.00. The zero-order valence-electron chi connectivity index (χ0n) is 9.82. The smallest absolute Gasteiger partial charge is 0.0770 e. The third-order valence-electron chi connectivity index (χ3n) is 2.99. The van der Waals surface area contributed by atoms with E-state index in [2.05, 4.69) is 11.8 Å². The van der Waals surface area contributed by atoms with Gasteiger partial charge in [-0.3, -0.25) is 4.90 Å². The molecule has 1 heterocycles. The van der Waals surface area contributed by atoms with Crippen LogP contribution < -0.4 is 0 Å². The van der Waals surface area contributed by atoms with Crippen LogP contribution in [0.2, 0.25) is 0 Å². The molecule has 15 heavy (non-hydrogen) atoms. The van der Waals surface area contributed by atoms with Gasteiger partial charge in [-0.2, -0.15) is 0 Å². The van der Waals surface area contributed by atoms with Gasteiger partial charge in [0, 0.05) is 18.8 Å². The van der Waals surface area contributed by atoms with Gasteiger partial charge in [0.15, 0.2) is 0 Å². The maximum Gasteiger partial charge on any atom is 0.0770 e. The minimum Gasteiger partial charge on any atom is -0.393 e. The highest BCUT2D eigenvalue weighted by atomic mass is 32.2. The fraction of sp³-hybridized carbons (Fsp3) is 1.00.